The van der Waals surface area contributed by atoms with Gasteiger partial charge in [-0.15, -0.1) is 0 Å². The van der Waals surface area contributed by atoms with Crippen LogP contribution in [0.5, 0.6) is 0 Å². The lowest BCUT2D eigenvalue weighted by molar-refractivity contribution is -0.141. The maximum atomic E-state index is 12.9. The number of piperidine rings is 1. The Labute approximate surface area is 142 Å². The monoisotopic (exact) mass is 350 g/mol. The zero-order valence-electron chi connectivity index (χ0n) is 13.9. The summed E-state index contributed by atoms with van der Waals surface area (Å²) in [6.45, 7) is 2.94. The van der Waals surface area contributed by atoms with Gasteiger partial charge < -0.3 is 9.47 Å². The Morgan fingerprint density at radius 3 is 2.68 bits per heavy atom. The Kier molecular flexibility index (Phi) is 4.37. The number of rotatable bonds is 2. The second-order valence-corrected chi connectivity index (χ2v) is 6.18. The summed E-state index contributed by atoms with van der Waals surface area (Å²) < 4.78 is 40.1. The van der Waals surface area contributed by atoms with E-state index in [4.69, 9.17) is 5.26 Å². The van der Waals surface area contributed by atoms with Gasteiger partial charge in [0.15, 0.2) is 5.69 Å². The first-order chi connectivity index (χ1) is 11.8. The van der Waals surface area contributed by atoms with Crippen LogP contribution in [0.15, 0.2) is 12.3 Å². The Hall–Kier alpha value is -2.63. The fourth-order valence-corrected chi connectivity index (χ4v) is 3.12. The molecule has 2 aromatic rings. The third-order valence-corrected chi connectivity index (χ3v) is 4.23. The van der Waals surface area contributed by atoms with Gasteiger partial charge in [0.2, 0.25) is 5.95 Å². The van der Waals surface area contributed by atoms with Gasteiger partial charge in [0.1, 0.15) is 17.6 Å². The van der Waals surface area contributed by atoms with Crippen molar-refractivity contribution >= 4 is 5.95 Å². The molecule has 0 aromatic carbocycles. The minimum absolute atomic E-state index is 0.149. The Morgan fingerprint density at radius 2 is 2.04 bits per heavy atom. The summed E-state index contributed by atoms with van der Waals surface area (Å²) in [6, 6.07) is 3.60. The van der Waals surface area contributed by atoms with E-state index in [1.165, 1.54) is 4.57 Å². The highest BCUT2D eigenvalue weighted by atomic mass is 19.4. The molecule has 1 unspecified atom stereocenters. The van der Waals surface area contributed by atoms with Crippen molar-refractivity contribution in [3.63, 3.8) is 0 Å². The minimum Gasteiger partial charge on any atom is -0.340 e. The van der Waals surface area contributed by atoms with E-state index in [-0.39, 0.29) is 11.6 Å². The van der Waals surface area contributed by atoms with E-state index in [0.29, 0.717) is 30.6 Å². The van der Waals surface area contributed by atoms with Crippen molar-refractivity contribution in [2.45, 2.75) is 31.9 Å². The van der Waals surface area contributed by atoms with E-state index in [0.717, 1.165) is 19.0 Å². The van der Waals surface area contributed by atoms with E-state index in [2.05, 4.69) is 15.0 Å². The van der Waals surface area contributed by atoms with E-state index < -0.39 is 11.9 Å². The van der Waals surface area contributed by atoms with Crippen LogP contribution in [0.3, 0.4) is 0 Å². The highest BCUT2D eigenvalue weighted by molar-refractivity contribution is 5.37. The Bertz CT molecular complexity index is 820. The second kappa shape index (κ2) is 6.35. The lowest BCUT2D eigenvalue weighted by Crippen LogP contribution is -2.36. The molecular weight excluding hydrogens is 333 g/mol. The summed E-state index contributed by atoms with van der Waals surface area (Å²) in [7, 11) is 1.58. The summed E-state index contributed by atoms with van der Waals surface area (Å²) in [6.07, 6.45) is -1.90. The van der Waals surface area contributed by atoms with Crippen LogP contribution in [0, 0.1) is 18.3 Å². The average molecular weight is 350 g/mol. The molecule has 0 aliphatic carbocycles. The predicted molar refractivity (Wildman–Crippen MR) is 83.9 cm³/mol. The van der Waals surface area contributed by atoms with E-state index >= 15 is 0 Å². The molecule has 3 heterocycles. The largest absolute Gasteiger partial charge is 0.434 e. The molecule has 0 spiro atoms. The van der Waals surface area contributed by atoms with Crippen LogP contribution in [-0.2, 0) is 13.2 Å². The summed E-state index contributed by atoms with van der Waals surface area (Å²) >= 11 is 0. The molecular formula is C16H17F3N6. The van der Waals surface area contributed by atoms with Crippen LogP contribution in [0.25, 0.3) is 0 Å². The fourth-order valence-electron chi connectivity index (χ4n) is 3.12. The first-order valence-corrected chi connectivity index (χ1v) is 7.89. The number of hydrogen-bond donors (Lipinski definition) is 0. The van der Waals surface area contributed by atoms with Crippen LogP contribution in [0.2, 0.25) is 0 Å². The van der Waals surface area contributed by atoms with Gasteiger partial charge in [-0.25, -0.2) is 15.0 Å². The smallest absolute Gasteiger partial charge is 0.340 e. The van der Waals surface area contributed by atoms with Gasteiger partial charge in [-0.1, -0.05) is 0 Å². The molecule has 1 fully saturated rings. The number of nitriles is 1. The van der Waals surface area contributed by atoms with Crippen LogP contribution >= 0.6 is 0 Å². The highest BCUT2D eigenvalue weighted by Gasteiger charge is 2.36. The van der Waals surface area contributed by atoms with E-state index in [1.807, 2.05) is 11.0 Å². The molecule has 1 aliphatic heterocycles. The van der Waals surface area contributed by atoms with Crippen molar-refractivity contribution in [2.24, 2.45) is 7.05 Å². The van der Waals surface area contributed by atoms with E-state index in [9.17, 15) is 13.2 Å². The molecule has 1 saturated heterocycles. The normalized spacial score (nSPS) is 18.2. The molecule has 2 aromatic heterocycles. The summed E-state index contributed by atoms with van der Waals surface area (Å²) in [5.41, 5.74) is 0.0849. The lowest BCUT2D eigenvalue weighted by atomic mass is 9.97. The van der Waals surface area contributed by atoms with Gasteiger partial charge in [0.05, 0.1) is 0 Å². The van der Waals surface area contributed by atoms with Gasteiger partial charge >= 0.3 is 6.18 Å². The maximum absolute atomic E-state index is 12.9. The van der Waals surface area contributed by atoms with Crippen molar-refractivity contribution < 1.29 is 13.2 Å². The minimum atomic E-state index is -4.45. The molecule has 1 atom stereocenters. The molecule has 0 N–H and O–H groups in total. The van der Waals surface area contributed by atoms with E-state index in [1.54, 1.807) is 20.0 Å². The quantitative estimate of drug-likeness (QED) is 0.833. The van der Waals surface area contributed by atoms with Crippen LogP contribution in [-0.4, -0.2) is 32.6 Å². The third-order valence-electron chi connectivity index (χ3n) is 4.23. The van der Waals surface area contributed by atoms with Gasteiger partial charge in [-0.3, -0.25) is 0 Å². The van der Waals surface area contributed by atoms with Crippen LogP contribution in [0.4, 0.5) is 19.1 Å². The number of imidazole rings is 1. The summed E-state index contributed by atoms with van der Waals surface area (Å²) in [5, 5.41) is 9.05. The highest BCUT2D eigenvalue weighted by Crippen LogP contribution is 2.32. The number of nitrogens with zero attached hydrogens (tertiary/aromatic N) is 6. The van der Waals surface area contributed by atoms with Crippen molar-refractivity contribution in [1.82, 2.24) is 19.5 Å². The predicted octanol–water partition coefficient (Wildman–Crippen LogP) is 2.79. The van der Waals surface area contributed by atoms with Gasteiger partial charge in [-0.05, 0) is 25.8 Å². The summed E-state index contributed by atoms with van der Waals surface area (Å²) in [5.74, 6) is 0.696. The van der Waals surface area contributed by atoms with Crippen molar-refractivity contribution in [1.29, 1.82) is 5.26 Å². The van der Waals surface area contributed by atoms with Crippen LogP contribution in [0.1, 0.15) is 41.7 Å². The first-order valence-electron chi connectivity index (χ1n) is 7.89. The second-order valence-electron chi connectivity index (χ2n) is 6.18. The van der Waals surface area contributed by atoms with Gasteiger partial charge in [0, 0.05) is 37.9 Å². The van der Waals surface area contributed by atoms with Crippen LogP contribution < -0.4 is 4.90 Å². The van der Waals surface area contributed by atoms with Crippen molar-refractivity contribution in [3.8, 4) is 6.07 Å². The standard InChI is InChI=1S/C16H17F3N6/c1-10-6-12(7-20)22-15(21-10)25-5-3-4-11(8-25)14-23-13(9-24(14)2)16(17,18)19/h6,9,11H,3-5,8H2,1-2H3. The molecule has 6 nitrogen and oxygen atoms in total. The number of aromatic nitrogens is 4. The zero-order chi connectivity index (χ0) is 18.2. The molecule has 0 amide bonds. The molecule has 3 rings (SSSR count). The van der Waals surface area contributed by atoms with Gasteiger partial charge in [0.25, 0.3) is 0 Å². The lowest BCUT2D eigenvalue weighted by Gasteiger charge is -2.32. The molecule has 0 saturated carbocycles. The zero-order valence-corrected chi connectivity index (χ0v) is 13.9. The first kappa shape index (κ1) is 17.2. The maximum Gasteiger partial charge on any atom is 0.434 e. The molecule has 1 aliphatic rings. The number of hydrogen-bond acceptors (Lipinski definition) is 5. The molecule has 0 radical (unpaired) electrons. The van der Waals surface area contributed by atoms with Crippen molar-refractivity contribution in [3.05, 3.63) is 35.2 Å². The number of anilines is 1. The molecule has 132 valence electrons. The van der Waals surface area contributed by atoms with Crippen molar-refractivity contribution in [2.75, 3.05) is 18.0 Å². The van der Waals surface area contributed by atoms with Gasteiger partial charge in [-0.2, -0.15) is 18.4 Å². The number of alkyl halides is 3. The SMILES string of the molecule is Cc1cc(C#N)nc(N2CCCC(c3nc(C(F)(F)F)cn3C)C2)n1. The third kappa shape index (κ3) is 3.57. The number of halogens is 3. The Balaban J connectivity index is 1.86. The number of aryl methyl sites for hydroxylation is 2. The molecule has 9 heteroatoms. The molecule has 25 heavy (non-hydrogen) atoms. The topological polar surface area (TPSA) is 70.6 Å². The Morgan fingerprint density at radius 1 is 1.28 bits per heavy atom. The molecule has 0 bridgehead atoms. The summed E-state index contributed by atoms with van der Waals surface area (Å²) in [4.78, 5) is 14.3. The fraction of sp³-hybridized carbons (Fsp3) is 0.500. The average Bonchev–Trinajstić information content (AvgIpc) is 2.96.